The summed E-state index contributed by atoms with van der Waals surface area (Å²) in [5, 5.41) is 18.9. The quantitative estimate of drug-likeness (QED) is 0.711. The fourth-order valence-corrected chi connectivity index (χ4v) is 6.46. The van der Waals surface area contributed by atoms with E-state index < -0.39 is 6.09 Å². The monoisotopic (exact) mass is 452 g/mol. The lowest BCUT2D eigenvalue weighted by molar-refractivity contribution is 0.127. The van der Waals surface area contributed by atoms with Crippen LogP contribution in [0.2, 0.25) is 0 Å². The van der Waals surface area contributed by atoms with Crippen LogP contribution in [0.15, 0.2) is 41.3 Å². The molecule has 3 heterocycles. The highest BCUT2D eigenvalue weighted by Gasteiger charge is 2.44. The van der Waals surface area contributed by atoms with E-state index >= 15 is 0 Å². The number of rotatable bonds is 4. The second-order valence-electron chi connectivity index (χ2n) is 8.54. The number of piperidine rings is 1. The molecule has 0 aliphatic carbocycles. The summed E-state index contributed by atoms with van der Waals surface area (Å²) < 4.78 is 5.42. The number of anilines is 1. The van der Waals surface area contributed by atoms with Gasteiger partial charge in [-0.1, -0.05) is 18.2 Å². The average Bonchev–Trinajstić information content (AvgIpc) is 2.97. The molecule has 2 N–H and O–H groups in total. The SMILES string of the molecule is COc1ccc(-c2cc3c4c(c2)[C@@H]2CN(C(=O)O)CC[C@@H]2N4CCCS3)c(/C=C/CO)c1. The number of nitrogens with zero attached hydrogens (tertiary/aromatic N) is 2. The topological polar surface area (TPSA) is 73.2 Å². The van der Waals surface area contributed by atoms with E-state index in [-0.39, 0.29) is 12.5 Å². The van der Waals surface area contributed by atoms with Gasteiger partial charge in [0.2, 0.25) is 0 Å². The van der Waals surface area contributed by atoms with E-state index in [9.17, 15) is 15.0 Å². The Morgan fingerprint density at radius 3 is 2.94 bits per heavy atom. The number of methoxy groups -OCH3 is 1. The molecule has 2 aromatic rings. The molecule has 3 aliphatic heterocycles. The van der Waals surface area contributed by atoms with Gasteiger partial charge in [0.05, 0.1) is 19.4 Å². The highest BCUT2D eigenvalue weighted by Crippen LogP contribution is 2.52. The maximum Gasteiger partial charge on any atom is 0.407 e. The molecule has 32 heavy (non-hydrogen) atoms. The molecule has 1 amide bonds. The lowest BCUT2D eigenvalue weighted by atomic mass is 9.87. The van der Waals surface area contributed by atoms with Gasteiger partial charge < -0.3 is 24.7 Å². The first-order valence-corrected chi connectivity index (χ1v) is 12.1. The lowest BCUT2D eigenvalue weighted by Crippen LogP contribution is -2.48. The van der Waals surface area contributed by atoms with Crippen molar-refractivity contribution in [1.82, 2.24) is 4.90 Å². The molecule has 1 fully saturated rings. The molecule has 6 nitrogen and oxygen atoms in total. The van der Waals surface area contributed by atoms with Gasteiger partial charge in [-0.05, 0) is 65.1 Å². The Balaban J connectivity index is 1.64. The minimum absolute atomic E-state index is 0.0221. The van der Waals surface area contributed by atoms with Crippen LogP contribution in [0.1, 0.15) is 29.9 Å². The van der Waals surface area contributed by atoms with Gasteiger partial charge in [-0.15, -0.1) is 11.8 Å². The zero-order chi connectivity index (χ0) is 22.2. The zero-order valence-electron chi connectivity index (χ0n) is 18.2. The Bertz CT molecular complexity index is 1070. The molecule has 0 unspecified atom stereocenters. The highest BCUT2D eigenvalue weighted by atomic mass is 32.2. The number of aliphatic hydroxyl groups is 1. The van der Waals surface area contributed by atoms with Crippen molar-refractivity contribution in [2.45, 2.75) is 29.7 Å². The van der Waals surface area contributed by atoms with Gasteiger partial charge in [-0.25, -0.2) is 4.79 Å². The third kappa shape index (κ3) is 3.63. The number of thioether (sulfide) groups is 1. The Morgan fingerprint density at radius 2 is 2.16 bits per heavy atom. The summed E-state index contributed by atoms with van der Waals surface area (Å²) in [6, 6.07) is 10.9. The second-order valence-corrected chi connectivity index (χ2v) is 9.67. The number of carbonyl (C=O) groups is 1. The van der Waals surface area contributed by atoms with E-state index in [0.717, 1.165) is 47.6 Å². The van der Waals surface area contributed by atoms with Crippen LogP contribution in [0, 0.1) is 0 Å². The van der Waals surface area contributed by atoms with Gasteiger partial charge in [0, 0.05) is 36.5 Å². The summed E-state index contributed by atoms with van der Waals surface area (Å²) in [7, 11) is 1.65. The lowest BCUT2D eigenvalue weighted by Gasteiger charge is -2.37. The molecule has 0 aromatic heterocycles. The molecule has 0 bridgehead atoms. The van der Waals surface area contributed by atoms with Crippen LogP contribution in [-0.4, -0.2) is 66.4 Å². The van der Waals surface area contributed by atoms with Gasteiger partial charge in [0.1, 0.15) is 5.75 Å². The van der Waals surface area contributed by atoms with Crippen LogP contribution in [0.25, 0.3) is 17.2 Å². The maximum absolute atomic E-state index is 11.7. The van der Waals surface area contributed by atoms with Crippen LogP contribution < -0.4 is 9.64 Å². The number of amides is 1. The highest BCUT2D eigenvalue weighted by molar-refractivity contribution is 7.99. The summed E-state index contributed by atoms with van der Waals surface area (Å²) in [6.07, 6.45) is 4.84. The molecule has 3 aliphatic rings. The fraction of sp³-hybridized carbons (Fsp3) is 0.400. The van der Waals surface area contributed by atoms with E-state index in [4.69, 9.17) is 4.74 Å². The van der Waals surface area contributed by atoms with Crippen LogP contribution >= 0.6 is 11.8 Å². The van der Waals surface area contributed by atoms with Crippen molar-refractivity contribution in [2.24, 2.45) is 0 Å². The third-order valence-corrected chi connectivity index (χ3v) is 7.93. The predicted octanol–water partition coefficient (Wildman–Crippen LogP) is 4.52. The Kier molecular flexibility index (Phi) is 5.78. The summed E-state index contributed by atoms with van der Waals surface area (Å²) in [5.41, 5.74) is 5.79. The smallest absolute Gasteiger partial charge is 0.407 e. The molecular formula is C25H28N2O4S. The first-order chi connectivity index (χ1) is 15.6. The van der Waals surface area contributed by atoms with Gasteiger partial charge in [0.25, 0.3) is 0 Å². The number of ether oxygens (including phenoxy) is 1. The molecule has 1 saturated heterocycles. The van der Waals surface area contributed by atoms with E-state index in [1.165, 1.54) is 16.1 Å². The molecule has 0 saturated carbocycles. The van der Waals surface area contributed by atoms with Crippen LogP contribution in [0.3, 0.4) is 0 Å². The van der Waals surface area contributed by atoms with Crippen molar-refractivity contribution in [2.75, 3.05) is 44.0 Å². The molecule has 5 rings (SSSR count). The number of hydrogen-bond acceptors (Lipinski definition) is 5. The third-order valence-electron chi connectivity index (χ3n) is 6.81. The number of likely N-dealkylation sites (tertiary alicyclic amines) is 1. The summed E-state index contributed by atoms with van der Waals surface area (Å²) >= 11 is 1.91. The van der Waals surface area contributed by atoms with Crippen molar-refractivity contribution >= 4 is 29.6 Å². The first kappa shape index (κ1) is 21.2. The molecule has 0 radical (unpaired) electrons. The minimum Gasteiger partial charge on any atom is -0.497 e. The van der Waals surface area contributed by atoms with Crippen molar-refractivity contribution in [3.05, 3.63) is 47.5 Å². The molecule has 2 atom stereocenters. The molecule has 168 valence electrons. The second kappa shape index (κ2) is 8.71. The standard InChI is InChI=1S/C25H28N2O4S/c1-31-18-5-6-19(16(12-18)4-2-10-28)17-13-20-21-15-26(25(29)30)9-7-22(21)27-8-3-11-32-23(14-17)24(20)27/h2,4-6,12-14,21-22,28H,3,7-11,15H2,1H3,(H,29,30)/b4-2+/t21-,22-/m0/s1. The van der Waals surface area contributed by atoms with Gasteiger partial charge in [0.15, 0.2) is 0 Å². The molecular weight excluding hydrogens is 424 g/mol. The summed E-state index contributed by atoms with van der Waals surface area (Å²) in [5.74, 6) is 2.06. The Labute approximate surface area is 192 Å². The van der Waals surface area contributed by atoms with Gasteiger partial charge in [-0.3, -0.25) is 0 Å². The predicted molar refractivity (Wildman–Crippen MR) is 128 cm³/mol. The molecule has 2 aromatic carbocycles. The largest absolute Gasteiger partial charge is 0.497 e. The van der Waals surface area contributed by atoms with Crippen molar-refractivity contribution in [3.63, 3.8) is 0 Å². The summed E-state index contributed by atoms with van der Waals surface area (Å²) in [4.78, 5) is 17.1. The van der Waals surface area contributed by atoms with Crippen LogP contribution in [0.5, 0.6) is 5.75 Å². The van der Waals surface area contributed by atoms with Gasteiger partial charge >= 0.3 is 6.09 Å². The van der Waals surface area contributed by atoms with E-state index in [1.807, 2.05) is 30.0 Å². The number of fused-ring (bicyclic) bond motifs is 3. The molecule has 0 spiro atoms. The van der Waals surface area contributed by atoms with Crippen molar-refractivity contribution < 1.29 is 19.7 Å². The number of carboxylic acid groups (broad SMARTS) is 1. The fourth-order valence-electron chi connectivity index (χ4n) is 5.39. The summed E-state index contributed by atoms with van der Waals surface area (Å²) in [6.45, 7) is 2.17. The van der Waals surface area contributed by atoms with E-state index in [1.54, 1.807) is 18.1 Å². The first-order valence-electron chi connectivity index (χ1n) is 11.1. The number of benzene rings is 2. The average molecular weight is 453 g/mol. The van der Waals surface area contributed by atoms with Crippen molar-refractivity contribution in [1.29, 1.82) is 0 Å². The number of aliphatic hydroxyl groups excluding tert-OH is 1. The zero-order valence-corrected chi connectivity index (χ0v) is 19.0. The number of hydrogen-bond donors (Lipinski definition) is 2. The normalized spacial score (nSPS) is 21.9. The Hall–Kier alpha value is -2.64. The Morgan fingerprint density at radius 1 is 1.28 bits per heavy atom. The van der Waals surface area contributed by atoms with E-state index in [2.05, 4.69) is 23.1 Å². The van der Waals surface area contributed by atoms with Crippen LogP contribution in [0.4, 0.5) is 10.5 Å². The van der Waals surface area contributed by atoms with Gasteiger partial charge in [-0.2, -0.15) is 0 Å². The minimum atomic E-state index is -0.826. The van der Waals surface area contributed by atoms with Crippen LogP contribution in [-0.2, 0) is 0 Å². The van der Waals surface area contributed by atoms with E-state index in [0.29, 0.717) is 19.1 Å². The molecule has 7 heteroatoms. The van der Waals surface area contributed by atoms with Crippen molar-refractivity contribution in [3.8, 4) is 16.9 Å². The maximum atomic E-state index is 11.7.